The van der Waals surface area contributed by atoms with E-state index in [-0.39, 0.29) is 40.9 Å². The SMILES string of the molecule is CC(C)(C)OC(=O)n1c2ccncc2c2c(F)c(F)c(-c3ccc(OCCOCCOCCOCCOCCO)nc3)cc21. The van der Waals surface area contributed by atoms with Gasteiger partial charge in [-0.1, -0.05) is 0 Å². The summed E-state index contributed by atoms with van der Waals surface area (Å²) in [7, 11) is 0. The highest BCUT2D eigenvalue weighted by atomic mass is 19.2. The quantitative estimate of drug-likeness (QED) is 0.176. The van der Waals surface area contributed by atoms with E-state index in [4.69, 9.17) is 33.5 Å². The molecule has 0 saturated heterocycles. The van der Waals surface area contributed by atoms with Crippen molar-refractivity contribution in [2.45, 2.75) is 26.4 Å². The van der Waals surface area contributed by atoms with E-state index in [0.717, 1.165) is 0 Å². The maximum atomic E-state index is 15.5. The molecule has 3 aromatic heterocycles. The highest BCUT2D eigenvalue weighted by Gasteiger charge is 2.27. The Labute approximate surface area is 253 Å². The van der Waals surface area contributed by atoms with Crippen molar-refractivity contribution in [2.24, 2.45) is 0 Å². The fourth-order valence-electron chi connectivity index (χ4n) is 4.32. The van der Waals surface area contributed by atoms with Crippen molar-refractivity contribution in [1.82, 2.24) is 14.5 Å². The molecule has 0 radical (unpaired) electrons. The normalized spacial score (nSPS) is 11.9. The fraction of sp³-hybridized carbons (Fsp3) is 0.452. The Hall–Kier alpha value is -3.75. The molecule has 4 rings (SSSR count). The summed E-state index contributed by atoms with van der Waals surface area (Å²) in [6.45, 7) is 8.47. The number of carbonyl (C=O) groups excluding carboxylic acids is 1. The lowest BCUT2D eigenvalue weighted by Crippen LogP contribution is -2.27. The molecule has 3 heterocycles. The van der Waals surface area contributed by atoms with Gasteiger partial charge < -0.3 is 33.5 Å². The maximum absolute atomic E-state index is 15.5. The summed E-state index contributed by atoms with van der Waals surface area (Å²) < 4.78 is 64.6. The number of aliphatic hydroxyl groups is 1. The molecular weight excluding hydrogens is 580 g/mol. The first-order chi connectivity index (χ1) is 21.2. The molecule has 0 aliphatic carbocycles. The molecule has 1 aromatic carbocycles. The molecule has 0 fully saturated rings. The predicted molar refractivity (Wildman–Crippen MR) is 158 cm³/mol. The van der Waals surface area contributed by atoms with Crippen molar-refractivity contribution < 1.29 is 47.1 Å². The van der Waals surface area contributed by atoms with Crippen molar-refractivity contribution in [3.8, 4) is 17.0 Å². The van der Waals surface area contributed by atoms with E-state index in [9.17, 15) is 4.79 Å². The zero-order valence-electron chi connectivity index (χ0n) is 25.0. The monoisotopic (exact) mass is 617 g/mol. The van der Waals surface area contributed by atoms with Gasteiger partial charge in [-0.3, -0.25) is 4.98 Å². The lowest BCUT2D eigenvalue weighted by Gasteiger charge is -2.20. The molecule has 0 spiro atoms. The average molecular weight is 618 g/mol. The minimum absolute atomic E-state index is 0.0101. The second-order valence-corrected chi connectivity index (χ2v) is 10.6. The third-order valence-corrected chi connectivity index (χ3v) is 6.19. The largest absolute Gasteiger partial charge is 0.475 e. The molecule has 0 unspecified atom stereocenters. The number of aromatic nitrogens is 3. The highest BCUT2D eigenvalue weighted by molar-refractivity contribution is 6.13. The smallest absolute Gasteiger partial charge is 0.419 e. The molecule has 0 amide bonds. The van der Waals surface area contributed by atoms with E-state index >= 15 is 8.78 Å². The van der Waals surface area contributed by atoms with Gasteiger partial charge in [0.05, 0.1) is 70.5 Å². The topological polar surface area (TPSA) is 123 Å². The third kappa shape index (κ3) is 8.67. The second-order valence-electron chi connectivity index (χ2n) is 10.6. The molecule has 13 heteroatoms. The Bertz CT molecular complexity index is 1520. The van der Waals surface area contributed by atoms with Crippen LogP contribution in [0.25, 0.3) is 32.9 Å². The van der Waals surface area contributed by atoms with Gasteiger partial charge in [0.25, 0.3) is 0 Å². The Morgan fingerprint density at radius 3 is 2.07 bits per heavy atom. The van der Waals surface area contributed by atoms with Crippen LogP contribution in [-0.4, -0.2) is 97.4 Å². The third-order valence-electron chi connectivity index (χ3n) is 6.19. The number of ether oxygens (including phenoxy) is 6. The fourth-order valence-corrected chi connectivity index (χ4v) is 4.32. The Morgan fingerprint density at radius 2 is 1.48 bits per heavy atom. The summed E-state index contributed by atoms with van der Waals surface area (Å²) >= 11 is 0. The second kappa shape index (κ2) is 15.8. The number of rotatable bonds is 16. The number of pyridine rings is 2. The first-order valence-corrected chi connectivity index (χ1v) is 14.2. The maximum Gasteiger partial charge on any atom is 0.419 e. The molecule has 1 N–H and O–H groups in total. The van der Waals surface area contributed by atoms with Gasteiger partial charge in [-0.15, -0.1) is 0 Å². The van der Waals surface area contributed by atoms with Crippen LogP contribution in [0.2, 0.25) is 0 Å². The minimum atomic E-state index is -1.10. The van der Waals surface area contributed by atoms with E-state index in [1.807, 2.05) is 0 Å². The van der Waals surface area contributed by atoms with Crippen LogP contribution in [0.15, 0.2) is 42.9 Å². The Kier molecular flexibility index (Phi) is 11.9. The molecule has 11 nitrogen and oxygen atoms in total. The summed E-state index contributed by atoms with van der Waals surface area (Å²) in [5, 5.41) is 8.84. The number of hydrogen-bond donors (Lipinski definition) is 1. The number of halogens is 2. The van der Waals surface area contributed by atoms with Crippen LogP contribution < -0.4 is 4.74 Å². The van der Waals surface area contributed by atoms with Crippen molar-refractivity contribution >= 4 is 27.9 Å². The van der Waals surface area contributed by atoms with Crippen molar-refractivity contribution in [1.29, 1.82) is 0 Å². The lowest BCUT2D eigenvalue weighted by molar-refractivity contribution is -0.00789. The van der Waals surface area contributed by atoms with Crippen molar-refractivity contribution in [3.05, 3.63) is 54.5 Å². The molecule has 0 aliphatic heterocycles. The van der Waals surface area contributed by atoms with Gasteiger partial charge in [0.1, 0.15) is 12.2 Å². The number of nitrogens with zero attached hydrogens (tertiary/aromatic N) is 3. The van der Waals surface area contributed by atoms with E-state index < -0.39 is 23.3 Å². The number of hydrogen-bond acceptors (Lipinski definition) is 10. The van der Waals surface area contributed by atoms with Gasteiger partial charge in [-0.25, -0.2) is 23.1 Å². The number of benzene rings is 1. The minimum Gasteiger partial charge on any atom is -0.475 e. The zero-order valence-corrected chi connectivity index (χ0v) is 25.0. The van der Waals surface area contributed by atoms with E-state index in [0.29, 0.717) is 63.9 Å². The van der Waals surface area contributed by atoms with Crippen LogP contribution in [0.1, 0.15) is 20.8 Å². The van der Waals surface area contributed by atoms with Crippen molar-refractivity contribution in [3.63, 3.8) is 0 Å². The first kappa shape index (κ1) is 33.1. The number of carbonyl (C=O) groups is 1. The molecule has 4 aromatic rings. The van der Waals surface area contributed by atoms with Crippen LogP contribution in [0.5, 0.6) is 5.88 Å². The highest BCUT2D eigenvalue weighted by Crippen LogP contribution is 2.37. The number of aliphatic hydroxyl groups excluding tert-OH is 1. The standard InChI is InChI=1S/C31H37F2N3O8/c1-31(2,3)44-30(38)36-24-6-7-34-20-23(24)27-25(36)18-22(28(32)29(27)33)21-4-5-26(35-19-21)43-17-16-42-15-14-41-13-12-40-11-10-39-9-8-37/h4-7,18-20,37H,8-17H2,1-3H3. The predicted octanol–water partition coefficient (Wildman–Crippen LogP) is 4.75. The van der Waals surface area contributed by atoms with E-state index in [1.165, 1.54) is 29.2 Å². The first-order valence-electron chi connectivity index (χ1n) is 14.2. The lowest BCUT2D eigenvalue weighted by atomic mass is 10.0. The van der Waals surface area contributed by atoms with E-state index in [1.54, 1.807) is 39.0 Å². The zero-order chi connectivity index (χ0) is 31.5. The van der Waals surface area contributed by atoms with Crippen LogP contribution in [0.3, 0.4) is 0 Å². The van der Waals surface area contributed by atoms with Crippen LogP contribution in [-0.2, 0) is 23.7 Å². The molecular formula is C31H37F2N3O8. The van der Waals surface area contributed by atoms with Gasteiger partial charge >= 0.3 is 6.09 Å². The van der Waals surface area contributed by atoms with Gasteiger partial charge in [0.15, 0.2) is 11.6 Å². The van der Waals surface area contributed by atoms with Gasteiger partial charge in [0, 0.05) is 46.6 Å². The Balaban J connectivity index is 1.33. The van der Waals surface area contributed by atoms with Gasteiger partial charge in [-0.2, -0.15) is 0 Å². The summed E-state index contributed by atoms with van der Waals surface area (Å²) in [4.78, 5) is 21.4. The van der Waals surface area contributed by atoms with Crippen molar-refractivity contribution in [2.75, 3.05) is 66.1 Å². The summed E-state index contributed by atoms with van der Waals surface area (Å²) in [5.74, 6) is -1.89. The Morgan fingerprint density at radius 1 is 0.841 bits per heavy atom. The summed E-state index contributed by atoms with van der Waals surface area (Å²) in [6, 6.07) is 6.06. The summed E-state index contributed by atoms with van der Waals surface area (Å²) in [6.07, 6.45) is 3.51. The van der Waals surface area contributed by atoms with Crippen LogP contribution in [0, 0.1) is 11.6 Å². The summed E-state index contributed by atoms with van der Waals surface area (Å²) in [5.41, 5.74) is -0.0845. The molecule has 44 heavy (non-hydrogen) atoms. The molecule has 0 aliphatic rings. The van der Waals surface area contributed by atoms with Gasteiger partial charge in [0.2, 0.25) is 5.88 Å². The molecule has 0 atom stereocenters. The van der Waals surface area contributed by atoms with Crippen LogP contribution >= 0.6 is 0 Å². The molecule has 0 saturated carbocycles. The molecule has 0 bridgehead atoms. The van der Waals surface area contributed by atoms with E-state index in [2.05, 4.69) is 9.97 Å². The van der Waals surface area contributed by atoms with Crippen LogP contribution in [0.4, 0.5) is 13.6 Å². The average Bonchev–Trinajstić information content (AvgIpc) is 3.33. The molecule has 238 valence electrons. The number of fused-ring (bicyclic) bond motifs is 3. The van der Waals surface area contributed by atoms with Gasteiger partial charge in [-0.05, 0) is 39.0 Å².